The van der Waals surface area contributed by atoms with Crippen molar-refractivity contribution in [1.82, 2.24) is 4.90 Å². The highest BCUT2D eigenvalue weighted by Crippen LogP contribution is 2.18. The molecule has 0 amide bonds. The van der Waals surface area contributed by atoms with Gasteiger partial charge in [0.15, 0.2) is 0 Å². The molecule has 1 unspecified atom stereocenters. The summed E-state index contributed by atoms with van der Waals surface area (Å²) in [6, 6.07) is 7.83. The monoisotopic (exact) mass is 270 g/mol. The molecule has 0 saturated carbocycles. The van der Waals surface area contributed by atoms with E-state index in [0.717, 1.165) is 43.1 Å². The SMILES string of the molecule is COCCCN(C)CCC(N)c1cccc(Cl)c1. The van der Waals surface area contributed by atoms with Crippen LogP contribution in [0, 0.1) is 0 Å². The molecule has 1 aromatic rings. The third-order valence-electron chi connectivity index (χ3n) is 2.99. The van der Waals surface area contributed by atoms with Gasteiger partial charge in [0.2, 0.25) is 0 Å². The van der Waals surface area contributed by atoms with Crippen molar-refractivity contribution in [2.24, 2.45) is 5.73 Å². The maximum absolute atomic E-state index is 6.16. The lowest BCUT2D eigenvalue weighted by atomic mass is 10.0. The molecular weight excluding hydrogens is 248 g/mol. The normalized spacial score (nSPS) is 12.9. The van der Waals surface area contributed by atoms with Crippen molar-refractivity contribution in [3.05, 3.63) is 34.9 Å². The number of nitrogens with zero attached hydrogens (tertiary/aromatic N) is 1. The molecule has 0 aromatic heterocycles. The summed E-state index contributed by atoms with van der Waals surface area (Å²) in [4.78, 5) is 2.28. The van der Waals surface area contributed by atoms with Crippen LogP contribution >= 0.6 is 11.6 Å². The van der Waals surface area contributed by atoms with Crippen LogP contribution in [0.3, 0.4) is 0 Å². The number of ether oxygens (including phenoxy) is 1. The Morgan fingerprint density at radius 1 is 1.39 bits per heavy atom. The van der Waals surface area contributed by atoms with E-state index in [9.17, 15) is 0 Å². The molecule has 0 fully saturated rings. The van der Waals surface area contributed by atoms with E-state index in [2.05, 4.69) is 11.9 Å². The smallest absolute Gasteiger partial charge is 0.0474 e. The zero-order valence-corrected chi connectivity index (χ0v) is 12.0. The third kappa shape index (κ3) is 5.83. The van der Waals surface area contributed by atoms with Crippen molar-refractivity contribution in [2.45, 2.75) is 18.9 Å². The lowest BCUT2D eigenvalue weighted by Crippen LogP contribution is -2.25. The molecule has 0 heterocycles. The van der Waals surface area contributed by atoms with Gasteiger partial charge in [-0.2, -0.15) is 0 Å². The van der Waals surface area contributed by atoms with Gasteiger partial charge in [0.1, 0.15) is 0 Å². The molecule has 0 saturated heterocycles. The van der Waals surface area contributed by atoms with E-state index in [0.29, 0.717) is 0 Å². The van der Waals surface area contributed by atoms with Crippen LogP contribution in [-0.4, -0.2) is 38.8 Å². The second kappa shape index (κ2) is 8.48. The predicted molar refractivity (Wildman–Crippen MR) is 77.0 cm³/mol. The first kappa shape index (κ1) is 15.4. The van der Waals surface area contributed by atoms with Crippen LogP contribution in [0.15, 0.2) is 24.3 Å². The summed E-state index contributed by atoms with van der Waals surface area (Å²) in [7, 11) is 3.84. The van der Waals surface area contributed by atoms with Crippen molar-refractivity contribution in [2.75, 3.05) is 33.9 Å². The van der Waals surface area contributed by atoms with Crippen LogP contribution in [0.5, 0.6) is 0 Å². The van der Waals surface area contributed by atoms with E-state index < -0.39 is 0 Å². The number of hydrogen-bond acceptors (Lipinski definition) is 3. The molecule has 0 radical (unpaired) electrons. The van der Waals surface area contributed by atoms with Crippen molar-refractivity contribution in [3.8, 4) is 0 Å². The molecule has 3 nitrogen and oxygen atoms in total. The van der Waals surface area contributed by atoms with Crippen molar-refractivity contribution in [3.63, 3.8) is 0 Å². The average molecular weight is 271 g/mol. The van der Waals surface area contributed by atoms with Gasteiger partial charge in [-0.1, -0.05) is 23.7 Å². The summed E-state index contributed by atoms with van der Waals surface area (Å²) in [6.45, 7) is 2.83. The lowest BCUT2D eigenvalue weighted by molar-refractivity contribution is 0.178. The van der Waals surface area contributed by atoms with E-state index in [-0.39, 0.29) is 6.04 Å². The molecule has 0 bridgehead atoms. The quantitative estimate of drug-likeness (QED) is 0.738. The molecule has 18 heavy (non-hydrogen) atoms. The lowest BCUT2D eigenvalue weighted by Gasteiger charge is -2.19. The maximum atomic E-state index is 6.16. The number of halogens is 1. The van der Waals surface area contributed by atoms with Crippen LogP contribution in [0.25, 0.3) is 0 Å². The van der Waals surface area contributed by atoms with E-state index in [1.165, 1.54) is 0 Å². The van der Waals surface area contributed by atoms with Gasteiger partial charge in [-0.3, -0.25) is 0 Å². The van der Waals surface area contributed by atoms with Crippen LogP contribution in [0.1, 0.15) is 24.4 Å². The number of nitrogens with two attached hydrogens (primary N) is 1. The minimum absolute atomic E-state index is 0.0496. The Labute approximate surface area is 115 Å². The van der Waals surface area contributed by atoms with Crippen molar-refractivity contribution < 1.29 is 4.74 Å². The molecule has 0 aliphatic rings. The van der Waals surface area contributed by atoms with Gasteiger partial charge in [-0.15, -0.1) is 0 Å². The molecule has 4 heteroatoms. The fourth-order valence-corrected chi connectivity index (χ4v) is 2.05. The molecule has 1 atom stereocenters. The minimum Gasteiger partial charge on any atom is -0.385 e. The maximum Gasteiger partial charge on any atom is 0.0474 e. The highest BCUT2D eigenvalue weighted by molar-refractivity contribution is 6.30. The van der Waals surface area contributed by atoms with Crippen LogP contribution < -0.4 is 5.73 Å². The predicted octanol–water partition coefficient (Wildman–Crippen LogP) is 2.70. The second-order valence-corrected chi connectivity index (χ2v) is 5.04. The first-order valence-corrected chi connectivity index (χ1v) is 6.70. The Morgan fingerprint density at radius 3 is 2.83 bits per heavy atom. The molecule has 1 rings (SSSR count). The van der Waals surface area contributed by atoms with E-state index in [1.54, 1.807) is 7.11 Å². The zero-order chi connectivity index (χ0) is 13.4. The fourth-order valence-electron chi connectivity index (χ4n) is 1.85. The minimum atomic E-state index is 0.0496. The van der Waals surface area contributed by atoms with Crippen LogP contribution in [0.2, 0.25) is 5.02 Å². The number of hydrogen-bond donors (Lipinski definition) is 1. The highest BCUT2D eigenvalue weighted by Gasteiger charge is 2.07. The first-order chi connectivity index (χ1) is 8.63. The van der Waals surface area contributed by atoms with E-state index >= 15 is 0 Å². The summed E-state index contributed by atoms with van der Waals surface area (Å²) in [5.41, 5.74) is 7.26. The molecular formula is C14H23ClN2O. The molecule has 102 valence electrons. The molecule has 0 aliphatic carbocycles. The Hall–Kier alpha value is -0.610. The highest BCUT2D eigenvalue weighted by atomic mass is 35.5. The van der Waals surface area contributed by atoms with Crippen LogP contribution in [0.4, 0.5) is 0 Å². The van der Waals surface area contributed by atoms with Gasteiger partial charge >= 0.3 is 0 Å². The Kier molecular flexibility index (Phi) is 7.28. The summed E-state index contributed by atoms with van der Waals surface area (Å²) >= 11 is 5.96. The standard InChI is InChI=1S/C14H23ClN2O/c1-17(8-4-10-18-2)9-7-14(16)12-5-3-6-13(15)11-12/h3,5-6,11,14H,4,7-10,16H2,1-2H3. The molecule has 1 aromatic carbocycles. The zero-order valence-electron chi connectivity index (χ0n) is 11.2. The number of methoxy groups -OCH3 is 1. The Morgan fingerprint density at radius 2 is 2.17 bits per heavy atom. The summed E-state index contributed by atoms with van der Waals surface area (Å²) in [5.74, 6) is 0. The topological polar surface area (TPSA) is 38.5 Å². The first-order valence-electron chi connectivity index (χ1n) is 6.32. The van der Waals surface area contributed by atoms with Crippen molar-refractivity contribution >= 4 is 11.6 Å². The Bertz CT molecular complexity index is 346. The van der Waals surface area contributed by atoms with Gasteiger partial charge in [0.05, 0.1) is 0 Å². The number of benzene rings is 1. The summed E-state index contributed by atoms with van der Waals surface area (Å²) < 4.78 is 5.03. The largest absolute Gasteiger partial charge is 0.385 e. The van der Waals surface area contributed by atoms with Gasteiger partial charge in [0.25, 0.3) is 0 Å². The molecule has 0 spiro atoms. The van der Waals surface area contributed by atoms with Gasteiger partial charge < -0.3 is 15.4 Å². The van der Waals surface area contributed by atoms with Crippen molar-refractivity contribution in [1.29, 1.82) is 0 Å². The van der Waals surface area contributed by atoms with E-state index in [1.807, 2.05) is 24.3 Å². The van der Waals surface area contributed by atoms with E-state index in [4.69, 9.17) is 22.1 Å². The van der Waals surface area contributed by atoms with Gasteiger partial charge in [0, 0.05) is 31.3 Å². The summed E-state index contributed by atoms with van der Waals surface area (Å²) in [6.07, 6.45) is 1.99. The average Bonchev–Trinajstić information content (AvgIpc) is 2.36. The van der Waals surface area contributed by atoms with Gasteiger partial charge in [-0.25, -0.2) is 0 Å². The summed E-state index contributed by atoms with van der Waals surface area (Å²) in [5, 5.41) is 0.747. The molecule has 0 aliphatic heterocycles. The Balaban J connectivity index is 2.30. The molecule has 2 N–H and O–H groups in total. The fraction of sp³-hybridized carbons (Fsp3) is 0.571. The number of rotatable bonds is 8. The second-order valence-electron chi connectivity index (χ2n) is 4.60. The third-order valence-corrected chi connectivity index (χ3v) is 3.22. The van der Waals surface area contributed by atoms with Crippen LogP contribution in [-0.2, 0) is 4.74 Å². The van der Waals surface area contributed by atoms with Gasteiger partial charge in [-0.05, 0) is 44.1 Å².